The van der Waals surface area contributed by atoms with E-state index in [0.717, 1.165) is 19.4 Å². The summed E-state index contributed by atoms with van der Waals surface area (Å²) in [6, 6.07) is 0. The van der Waals surface area contributed by atoms with Crippen LogP contribution < -0.4 is 5.32 Å². The fraction of sp³-hybridized carbons (Fsp3) is 0.917. The van der Waals surface area contributed by atoms with Crippen LogP contribution in [0.2, 0.25) is 0 Å². The van der Waals surface area contributed by atoms with E-state index < -0.39 is 0 Å². The van der Waals surface area contributed by atoms with Crippen LogP contribution in [0.1, 0.15) is 47.5 Å². The molecule has 1 fully saturated rings. The number of hydrogen-bond donors (Lipinski definition) is 1. The Hall–Kier alpha value is -0.570. The highest BCUT2D eigenvalue weighted by atomic mass is 16.2. The molecule has 2 atom stereocenters. The third-order valence-corrected chi connectivity index (χ3v) is 3.34. The van der Waals surface area contributed by atoms with E-state index >= 15 is 0 Å². The average molecular weight is 212 g/mol. The van der Waals surface area contributed by atoms with Gasteiger partial charge in [-0.3, -0.25) is 10.1 Å². The zero-order valence-corrected chi connectivity index (χ0v) is 10.6. The zero-order chi connectivity index (χ0) is 11.6. The molecule has 3 heteroatoms. The summed E-state index contributed by atoms with van der Waals surface area (Å²) in [4.78, 5) is 14.2. The number of amides is 1. The molecule has 1 saturated heterocycles. The van der Waals surface area contributed by atoms with Crippen molar-refractivity contribution in [2.45, 2.75) is 59.2 Å². The molecule has 0 aromatic rings. The van der Waals surface area contributed by atoms with E-state index in [1.807, 2.05) is 11.8 Å². The standard InChI is InChI=1S/C12H24N2O/c1-6-8-14-10(9(3)4)13-12(5,7-2)11(14)15/h9-10,13H,6-8H2,1-5H3. The Kier molecular flexibility index (Phi) is 3.77. The number of carbonyl (C=O) groups excluding carboxylic acids is 1. The SMILES string of the molecule is CCCN1C(=O)C(C)(CC)NC1C(C)C. The van der Waals surface area contributed by atoms with E-state index in [-0.39, 0.29) is 17.6 Å². The van der Waals surface area contributed by atoms with Crippen molar-refractivity contribution in [3.8, 4) is 0 Å². The van der Waals surface area contributed by atoms with Crippen LogP contribution in [-0.2, 0) is 4.79 Å². The molecule has 1 amide bonds. The molecule has 1 rings (SSSR count). The molecule has 3 nitrogen and oxygen atoms in total. The van der Waals surface area contributed by atoms with Gasteiger partial charge in [-0.15, -0.1) is 0 Å². The minimum absolute atomic E-state index is 0.211. The van der Waals surface area contributed by atoms with Crippen LogP contribution in [0.15, 0.2) is 0 Å². The zero-order valence-electron chi connectivity index (χ0n) is 10.6. The van der Waals surface area contributed by atoms with Crippen LogP contribution in [0.3, 0.4) is 0 Å². The Labute approximate surface area is 93.2 Å². The van der Waals surface area contributed by atoms with Crippen molar-refractivity contribution in [3.05, 3.63) is 0 Å². The number of hydrogen-bond acceptors (Lipinski definition) is 2. The van der Waals surface area contributed by atoms with Gasteiger partial charge in [0.25, 0.3) is 0 Å². The van der Waals surface area contributed by atoms with Gasteiger partial charge < -0.3 is 4.90 Å². The van der Waals surface area contributed by atoms with Crippen molar-refractivity contribution < 1.29 is 4.79 Å². The maximum Gasteiger partial charge on any atom is 0.243 e. The maximum atomic E-state index is 12.2. The minimum atomic E-state index is -0.343. The molecular formula is C12H24N2O. The summed E-state index contributed by atoms with van der Waals surface area (Å²) in [5, 5.41) is 3.48. The molecule has 1 aliphatic rings. The molecule has 2 unspecified atom stereocenters. The Balaban J connectivity index is 2.87. The quantitative estimate of drug-likeness (QED) is 0.773. The van der Waals surface area contributed by atoms with Gasteiger partial charge in [0.15, 0.2) is 0 Å². The summed E-state index contributed by atoms with van der Waals surface area (Å²) in [6.45, 7) is 11.4. The summed E-state index contributed by atoms with van der Waals surface area (Å²) in [7, 11) is 0. The highest BCUT2D eigenvalue weighted by molar-refractivity contribution is 5.88. The van der Waals surface area contributed by atoms with Crippen LogP contribution in [-0.4, -0.2) is 29.1 Å². The summed E-state index contributed by atoms with van der Waals surface area (Å²) in [5.41, 5.74) is -0.343. The van der Waals surface area contributed by atoms with Gasteiger partial charge in [-0.2, -0.15) is 0 Å². The first kappa shape index (κ1) is 12.5. The minimum Gasteiger partial charge on any atom is -0.325 e. The van der Waals surface area contributed by atoms with Gasteiger partial charge in [0.05, 0.1) is 11.7 Å². The van der Waals surface area contributed by atoms with Crippen molar-refractivity contribution in [1.82, 2.24) is 10.2 Å². The molecular weight excluding hydrogens is 188 g/mol. The lowest BCUT2D eigenvalue weighted by atomic mass is 9.99. The molecule has 88 valence electrons. The second-order valence-electron chi connectivity index (χ2n) is 5.02. The van der Waals surface area contributed by atoms with E-state index in [0.29, 0.717) is 5.92 Å². The third kappa shape index (κ3) is 2.17. The van der Waals surface area contributed by atoms with Crippen molar-refractivity contribution in [2.24, 2.45) is 5.92 Å². The fourth-order valence-corrected chi connectivity index (χ4v) is 2.17. The average Bonchev–Trinajstić information content (AvgIpc) is 2.44. The predicted octanol–water partition coefficient (Wildman–Crippen LogP) is 1.98. The van der Waals surface area contributed by atoms with Gasteiger partial charge in [0.2, 0.25) is 5.91 Å². The van der Waals surface area contributed by atoms with Gasteiger partial charge in [0.1, 0.15) is 0 Å². The first-order valence-corrected chi connectivity index (χ1v) is 6.05. The summed E-state index contributed by atoms with van der Waals surface area (Å²) < 4.78 is 0. The van der Waals surface area contributed by atoms with Gasteiger partial charge >= 0.3 is 0 Å². The predicted molar refractivity (Wildman–Crippen MR) is 62.5 cm³/mol. The second kappa shape index (κ2) is 4.52. The Morgan fingerprint density at radius 1 is 1.47 bits per heavy atom. The van der Waals surface area contributed by atoms with Crippen molar-refractivity contribution in [3.63, 3.8) is 0 Å². The van der Waals surface area contributed by atoms with Crippen LogP contribution >= 0.6 is 0 Å². The van der Waals surface area contributed by atoms with E-state index in [4.69, 9.17) is 0 Å². The molecule has 0 aromatic carbocycles. The number of nitrogens with zero attached hydrogens (tertiary/aromatic N) is 1. The third-order valence-electron chi connectivity index (χ3n) is 3.34. The smallest absolute Gasteiger partial charge is 0.243 e. The Bertz CT molecular complexity index is 240. The van der Waals surface area contributed by atoms with Gasteiger partial charge in [0, 0.05) is 6.54 Å². The first-order chi connectivity index (χ1) is 6.96. The number of carbonyl (C=O) groups is 1. The van der Waals surface area contributed by atoms with Crippen LogP contribution in [0.5, 0.6) is 0 Å². The van der Waals surface area contributed by atoms with E-state index in [2.05, 4.69) is 33.0 Å². The molecule has 0 saturated carbocycles. The molecule has 0 radical (unpaired) electrons. The first-order valence-electron chi connectivity index (χ1n) is 6.05. The normalized spacial score (nSPS) is 31.7. The van der Waals surface area contributed by atoms with Gasteiger partial charge in [-0.1, -0.05) is 27.7 Å². The highest BCUT2D eigenvalue weighted by Crippen LogP contribution is 2.27. The Morgan fingerprint density at radius 2 is 2.07 bits per heavy atom. The molecule has 1 aliphatic heterocycles. The summed E-state index contributed by atoms with van der Waals surface area (Å²) in [6.07, 6.45) is 2.09. The highest BCUT2D eigenvalue weighted by Gasteiger charge is 2.46. The molecule has 0 aliphatic carbocycles. The Morgan fingerprint density at radius 3 is 2.47 bits per heavy atom. The van der Waals surface area contributed by atoms with Crippen molar-refractivity contribution in [2.75, 3.05) is 6.54 Å². The molecule has 0 spiro atoms. The van der Waals surface area contributed by atoms with Crippen LogP contribution in [0, 0.1) is 5.92 Å². The lowest BCUT2D eigenvalue weighted by Crippen LogP contribution is -2.45. The maximum absolute atomic E-state index is 12.2. The molecule has 0 bridgehead atoms. The lowest BCUT2D eigenvalue weighted by molar-refractivity contribution is -0.133. The van der Waals surface area contributed by atoms with E-state index in [1.54, 1.807) is 0 Å². The van der Waals surface area contributed by atoms with Crippen molar-refractivity contribution >= 4 is 5.91 Å². The molecule has 1 N–H and O–H groups in total. The molecule has 1 heterocycles. The van der Waals surface area contributed by atoms with Crippen LogP contribution in [0.25, 0.3) is 0 Å². The van der Waals surface area contributed by atoms with E-state index in [9.17, 15) is 4.79 Å². The molecule has 15 heavy (non-hydrogen) atoms. The lowest BCUT2D eigenvalue weighted by Gasteiger charge is -2.26. The monoisotopic (exact) mass is 212 g/mol. The largest absolute Gasteiger partial charge is 0.325 e. The van der Waals surface area contributed by atoms with Gasteiger partial charge in [-0.25, -0.2) is 0 Å². The fourth-order valence-electron chi connectivity index (χ4n) is 2.17. The topological polar surface area (TPSA) is 32.3 Å². The number of nitrogens with one attached hydrogen (secondary N) is 1. The number of rotatable bonds is 4. The summed E-state index contributed by atoms with van der Waals surface area (Å²) in [5.74, 6) is 0.736. The molecule has 0 aromatic heterocycles. The van der Waals surface area contributed by atoms with Gasteiger partial charge in [-0.05, 0) is 25.7 Å². The van der Waals surface area contributed by atoms with Crippen molar-refractivity contribution in [1.29, 1.82) is 0 Å². The van der Waals surface area contributed by atoms with E-state index in [1.165, 1.54) is 0 Å². The second-order valence-corrected chi connectivity index (χ2v) is 5.02. The summed E-state index contributed by atoms with van der Waals surface area (Å²) >= 11 is 0. The van der Waals surface area contributed by atoms with Crippen LogP contribution in [0.4, 0.5) is 0 Å².